The van der Waals surface area contributed by atoms with Crippen LogP contribution in [0.4, 0.5) is 11.4 Å². The summed E-state index contributed by atoms with van der Waals surface area (Å²) in [6, 6.07) is 4.48. The maximum absolute atomic E-state index is 11.8. The van der Waals surface area contributed by atoms with Crippen LogP contribution in [0.3, 0.4) is 0 Å². The lowest BCUT2D eigenvalue weighted by molar-refractivity contribution is -0.115. The van der Waals surface area contributed by atoms with Crippen molar-refractivity contribution in [1.29, 1.82) is 0 Å². The van der Waals surface area contributed by atoms with Gasteiger partial charge in [-0.05, 0) is 25.1 Å². The highest BCUT2D eigenvalue weighted by atomic mass is 35.5. The summed E-state index contributed by atoms with van der Waals surface area (Å²) in [4.78, 5) is 23.6. The topological polar surface area (TPSA) is 97.4 Å². The molecule has 2 rings (SSSR count). The van der Waals surface area contributed by atoms with E-state index in [9.17, 15) is 9.59 Å². The second-order valence-corrected chi connectivity index (χ2v) is 5.29. The van der Waals surface area contributed by atoms with Gasteiger partial charge in [0.15, 0.2) is 0 Å². The predicted molar refractivity (Wildman–Crippen MR) is 85.3 cm³/mol. The molecule has 6 nitrogen and oxygen atoms in total. The highest BCUT2D eigenvalue weighted by Crippen LogP contribution is 2.30. The van der Waals surface area contributed by atoms with Gasteiger partial charge in [0.1, 0.15) is 5.76 Å². The van der Waals surface area contributed by atoms with Crippen molar-refractivity contribution in [3.05, 3.63) is 45.8 Å². The van der Waals surface area contributed by atoms with Crippen LogP contribution < -0.4 is 16.4 Å². The largest absolute Gasteiger partial charge is 0.469 e. The highest BCUT2D eigenvalue weighted by Gasteiger charge is 2.13. The number of furan rings is 1. The predicted octanol–water partition coefficient (Wildman–Crippen LogP) is 2.85. The molecule has 1 aromatic heterocycles. The van der Waals surface area contributed by atoms with E-state index in [2.05, 4.69) is 10.6 Å². The second kappa shape index (κ2) is 6.72. The van der Waals surface area contributed by atoms with E-state index >= 15 is 0 Å². The van der Waals surface area contributed by atoms with E-state index in [1.165, 1.54) is 24.5 Å². The summed E-state index contributed by atoms with van der Waals surface area (Å²) in [5.41, 5.74) is 6.62. The zero-order chi connectivity index (χ0) is 16.3. The molecule has 0 saturated carbocycles. The van der Waals surface area contributed by atoms with Crippen LogP contribution in [0.5, 0.6) is 0 Å². The molecule has 0 aliphatic rings. The van der Waals surface area contributed by atoms with E-state index in [4.69, 9.17) is 33.4 Å². The minimum atomic E-state index is -0.425. The zero-order valence-corrected chi connectivity index (χ0v) is 13.1. The molecule has 0 bridgehead atoms. The molecular formula is C14H13Cl2N3O3. The van der Waals surface area contributed by atoms with Crippen molar-refractivity contribution in [3.63, 3.8) is 0 Å². The Kier molecular flexibility index (Phi) is 4.95. The Morgan fingerprint density at radius 1 is 1.27 bits per heavy atom. The third-order valence-electron chi connectivity index (χ3n) is 2.88. The van der Waals surface area contributed by atoms with Gasteiger partial charge in [-0.15, -0.1) is 0 Å². The first-order chi connectivity index (χ1) is 10.4. The number of nitrogens with one attached hydrogen (secondary N) is 2. The van der Waals surface area contributed by atoms with Crippen molar-refractivity contribution in [2.45, 2.75) is 6.92 Å². The lowest BCUT2D eigenvalue weighted by Crippen LogP contribution is -2.32. The normalized spacial score (nSPS) is 10.3. The van der Waals surface area contributed by atoms with Gasteiger partial charge in [0.25, 0.3) is 5.91 Å². The molecule has 2 amide bonds. The number of nitrogen functional groups attached to an aromatic ring is 1. The molecule has 1 aromatic carbocycles. The number of carbonyl (C=O) groups is 2. The molecule has 22 heavy (non-hydrogen) atoms. The smallest absolute Gasteiger partial charge is 0.255 e. The van der Waals surface area contributed by atoms with E-state index in [1.54, 1.807) is 6.92 Å². The lowest BCUT2D eigenvalue weighted by Gasteiger charge is -2.09. The number of anilines is 2. The Morgan fingerprint density at radius 3 is 2.45 bits per heavy atom. The van der Waals surface area contributed by atoms with Crippen LogP contribution in [0.25, 0.3) is 0 Å². The first-order valence-electron chi connectivity index (χ1n) is 6.25. The third-order valence-corrected chi connectivity index (χ3v) is 3.50. The molecule has 0 aliphatic carbocycles. The van der Waals surface area contributed by atoms with Gasteiger partial charge in [0.05, 0.1) is 34.1 Å². The van der Waals surface area contributed by atoms with Crippen LogP contribution in [0, 0.1) is 6.92 Å². The minimum Gasteiger partial charge on any atom is -0.469 e. The average Bonchev–Trinajstić information content (AvgIpc) is 2.88. The minimum absolute atomic E-state index is 0.205. The van der Waals surface area contributed by atoms with E-state index in [1.807, 2.05) is 0 Å². The summed E-state index contributed by atoms with van der Waals surface area (Å²) < 4.78 is 5.02. The number of rotatable bonds is 4. The maximum atomic E-state index is 11.8. The van der Waals surface area contributed by atoms with Gasteiger partial charge >= 0.3 is 0 Å². The quantitative estimate of drug-likeness (QED) is 0.744. The van der Waals surface area contributed by atoms with Crippen molar-refractivity contribution in [2.75, 3.05) is 17.6 Å². The number of aryl methyl sites for hydroxylation is 1. The van der Waals surface area contributed by atoms with Crippen molar-refractivity contribution < 1.29 is 14.0 Å². The summed E-state index contributed by atoms with van der Waals surface area (Å²) in [6.45, 7) is 1.45. The van der Waals surface area contributed by atoms with E-state index in [0.29, 0.717) is 17.0 Å². The maximum Gasteiger partial charge on any atom is 0.255 e. The van der Waals surface area contributed by atoms with Gasteiger partial charge in [-0.25, -0.2) is 0 Å². The van der Waals surface area contributed by atoms with Crippen molar-refractivity contribution in [1.82, 2.24) is 5.32 Å². The van der Waals surface area contributed by atoms with Gasteiger partial charge in [-0.2, -0.15) is 0 Å². The molecule has 0 spiro atoms. The number of hydrogen-bond donors (Lipinski definition) is 3. The second-order valence-electron chi connectivity index (χ2n) is 4.47. The number of halogens is 2. The zero-order valence-electron chi connectivity index (χ0n) is 11.6. The average molecular weight is 342 g/mol. The van der Waals surface area contributed by atoms with Gasteiger partial charge < -0.3 is 20.8 Å². The Labute approximate surface area is 136 Å². The fourth-order valence-electron chi connectivity index (χ4n) is 1.74. The van der Waals surface area contributed by atoms with Crippen LogP contribution >= 0.6 is 23.2 Å². The highest BCUT2D eigenvalue weighted by molar-refractivity contribution is 6.39. The monoisotopic (exact) mass is 341 g/mol. The molecule has 0 saturated heterocycles. The number of carbonyl (C=O) groups excluding carboxylic acids is 2. The molecule has 1 heterocycles. The summed E-state index contributed by atoms with van der Waals surface area (Å²) in [7, 11) is 0. The van der Waals surface area contributed by atoms with Crippen molar-refractivity contribution in [3.8, 4) is 0 Å². The number of amides is 2. The SMILES string of the molecule is Cc1occc1C(=O)NCC(=O)Nc1cc(Cl)c(N)c(Cl)c1. The molecule has 0 fully saturated rings. The van der Waals surface area contributed by atoms with E-state index in [0.717, 1.165) is 0 Å². The first kappa shape index (κ1) is 16.2. The van der Waals surface area contributed by atoms with E-state index in [-0.39, 0.29) is 22.3 Å². The van der Waals surface area contributed by atoms with Crippen LogP contribution in [-0.4, -0.2) is 18.4 Å². The number of hydrogen-bond acceptors (Lipinski definition) is 4. The summed E-state index contributed by atoms with van der Waals surface area (Å²) in [5, 5.41) is 5.52. The standard InChI is InChI=1S/C14H13Cl2N3O3/c1-7-9(2-3-22-7)14(21)18-6-12(20)19-8-4-10(15)13(17)11(16)5-8/h2-5H,6,17H2,1H3,(H,18,21)(H,19,20). The molecule has 4 N–H and O–H groups in total. The molecule has 0 radical (unpaired) electrons. The molecular weight excluding hydrogens is 329 g/mol. The molecule has 2 aromatic rings. The Balaban J connectivity index is 1.94. The van der Waals surface area contributed by atoms with Crippen LogP contribution in [0.2, 0.25) is 10.0 Å². The lowest BCUT2D eigenvalue weighted by atomic mass is 10.2. The molecule has 0 atom stereocenters. The fraction of sp³-hybridized carbons (Fsp3) is 0.143. The van der Waals surface area contributed by atoms with Crippen molar-refractivity contribution in [2.24, 2.45) is 0 Å². The Bertz CT molecular complexity index is 705. The Morgan fingerprint density at radius 2 is 1.91 bits per heavy atom. The first-order valence-corrected chi connectivity index (χ1v) is 7.00. The van der Waals surface area contributed by atoms with Gasteiger partial charge in [-0.1, -0.05) is 23.2 Å². The summed E-state index contributed by atoms with van der Waals surface area (Å²) in [5.74, 6) is -0.337. The van der Waals surface area contributed by atoms with Gasteiger partial charge in [0.2, 0.25) is 5.91 Å². The Hall–Kier alpha value is -2.18. The van der Waals surface area contributed by atoms with Crippen LogP contribution in [-0.2, 0) is 4.79 Å². The van der Waals surface area contributed by atoms with E-state index < -0.39 is 11.8 Å². The van der Waals surface area contributed by atoms with Gasteiger partial charge in [0, 0.05) is 5.69 Å². The number of benzene rings is 1. The summed E-state index contributed by atoms with van der Waals surface area (Å²) >= 11 is 11.7. The van der Waals surface area contributed by atoms with Crippen molar-refractivity contribution >= 4 is 46.4 Å². The summed E-state index contributed by atoms with van der Waals surface area (Å²) in [6.07, 6.45) is 1.41. The fourth-order valence-corrected chi connectivity index (χ4v) is 2.23. The molecule has 0 unspecified atom stereocenters. The molecule has 8 heteroatoms. The van der Waals surface area contributed by atoms with Crippen LogP contribution in [0.1, 0.15) is 16.1 Å². The molecule has 116 valence electrons. The molecule has 0 aliphatic heterocycles. The number of nitrogens with two attached hydrogens (primary N) is 1. The third kappa shape index (κ3) is 3.72. The van der Waals surface area contributed by atoms with Gasteiger partial charge in [-0.3, -0.25) is 9.59 Å². The van der Waals surface area contributed by atoms with Crippen LogP contribution in [0.15, 0.2) is 28.9 Å².